The predicted octanol–water partition coefficient (Wildman–Crippen LogP) is 1.54. The first-order chi connectivity index (χ1) is 8.40. The number of carbonyl (C=O) groups is 2. The molecule has 3 N–H and O–H groups in total. The Labute approximate surface area is 118 Å². The summed E-state index contributed by atoms with van der Waals surface area (Å²) in [4.78, 5) is 22.8. The smallest absolute Gasteiger partial charge is 0.313 e. The number of rotatable bonds is 3. The van der Waals surface area contributed by atoms with Crippen molar-refractivity contribution in [3.63, 3.8) is 0 Å². The Morgan fingerprint density at radius 1 is 1.44 bits per heavy atom. The van der Waals surface area contributed by atoms with Crippen LogP contribution < -0.4 is 10.6 Å². The van der Waals surface area contributed by atoms with Gasteiger partial charge in [-0.25, -0.2) is 0 Å². The Bertz CT molecular complexity index is 466. The van der Waals surface area contributed by atoms with Crippen LogP contribution in [0.1, 0.15) is 6.92 Å². The molecule has 0 aliphatic rings. The quantitative estimate of drug-likeness (QED) is 0.733. The van der Waals surface area contributed by atoms with Crippen LogP contribution in [-0.2, 0) is 9.59 Å². The summed E-state index contributed by atoms with van der Waals surface area (Å²) >= 11 is 9.12. The SMILES string of the molecule is CC(O)CNC(=O)C(=O)Nc1ccc(Br)cc1Cl. The van der Waals surface area contributed by atoms with E-state index in [1.54, 1.807) is 18.2 Å². The highest BCUT2D eigenvalue weighted by molar-refractivity contribution is 9.10. The van der Waals surface area contributed by atoms with Gasteiger partial charge < -0.3 is 15.7 Å². The summed E-state index contributed by atoms with van der Waals surface area (Å²) in [6.45, 7) is 1.52. The first kappa shape index (κ1) is 14.9. The Hall–Kier alpha value is -1.11. The van der Waals surface area contributed by atoms with Crippen molar-refractivity contribution in [3.8, 4) is 0 Å². The highest BCUT2D eigenvalue weighted by Crippen LogP contribution is 2.25. The Balaban J connectivity index is 2.61. The average Bonchev–Trinajstić information content (AvgIpc) is 2.29. The topological polar surface area (TPSA) is 78.4 Å². The van der Waals surface area contributed by atoms with E-state index in [4.69, 9.17) is 16.7 Å². The summed E-state index contributed by atoms with van der Waals surface area (Å²) in [5.74, 6) is -1.66. The Morgan fingerprint density at radius 2 is 2.11 bits per heavy atom. The van der Waals surface area contributed by atoms with Crippen LogP contribution in [0.5, 0.6) is 0 Å². The van der Waals surface area contributed by atoms with Gasteiger partial charge in [0.05, 0.1) is 16.8 Å². The van der Waals surface area contributed by atoms with E-state index in [1.165, 1.54) is 6.92 Å². The number of hydrogen-bond donors (Lipinski definition) is 3. The van der Waals surface area contributed by atoms with E-state index >= 15 is 0 Å². The zero-order valence-electron chi connectivity index (χ0n) is 9.54. The second-order valence-corrected chi connectivity index (χ2v) is 4.96. The van der Waals surface area contributed by atoms with Gasteiger partial charge in [0.25, 0.3) is 0 Å². The minimum atomic E-state index is -0.833. The summed E-state index contributed by atoms with van der Waals surface area (Å²) in [6.07, 6.45) is -0.710. The molecule has 5 nitrogen and oxygen atoms in total. The Morgan fingerprint density at radius 3 is 2.67 bits per heavy atom. The maximum absolute atomic E-state index is 11.5. The van der Waals surface area contributed by atoms with Crippen molar-refractivity contribution in [1.82, 2.24) is 5.32 Å². The second kappa shape index (κ2) is 6.72. The summed E-state index contributed by atoms with van der Waals surface area (Å²) in [5.41, 5.74) is 0.345. The summed E-state index contributed by atoms with van der Waals surface area (Å²) in [6, 6.07) is 4.87. The molecule has 0 aliphatic carbocycles. The summed E-state index contributed by atoms with van der Waals surface area (Å²) < 4.78 is 0.768. The summed E-state index contributed by atoms with van der Waals surface area (Å²) in [5, 5.41) is 14.0. The third-order valence-corrected chi connectivity index (χ3v) is 2.75. The number of carbonyl (C=O) groups excluding carboxylic acids is 2. The molecule has 1 aromatic rings. The van der Waals surface area contributed by atoms with Gasteiger partial charge in [-0.05, 0) is 25.1 Å². The fourth-order valence-electron chi connectivity index (χ4n) is 1.09. The molecule has 0 saturated heterocycles. The van der Waals surface area contributed by atoms with Crippen LogP contribution in [0.15, 0.2) is 22.7 Å². The highest BCUT2D eigenvalue weighted by atomic mass is 79.9. The van der Waals surface area contributed by atoms with Crippen molar-refractivity contribution in [2.24, 2.45) is 0 Å². The molecule has 0 fully saturated rings. The van der Waals surface area contributed by atoms with E-state index in [0.29, 0.717) is 10.7 Å². The van der Waals surface area contributed by atoms with Crippen LogP contribution in [0.25, 0.3) is 0 Å². The number of nitrogens with one attached hydrogen (secondary N) is 2. The lowest BCUT2D eigenvalue weighted by atomic mass is 10.3. The normalized spacial score (nSPS) is 11.8. The first-order valence-electron chi connectivity index (χ1n) is 5.12. The molecule has 0 saturated carbocycles. The number of aliphatic hydroxyl groups excluding tert-OH is 1. The molecule has 1 rings (SSSR count). The van der Waals surface area contributed by atoms with Gasteiger partial charge in [-0.2, -0.15) is 0 Å². The summed E-state index contributed by atoms with van der Waals surface area (Å²) in [7, 11) is 0. The number of hydrogen-bond acceptors (Lipinski definition) is 3. The third-order valence-electron chi connectivity index (χ3n) is 1.94. The largest absolute Gasteiger partial charge is 0.392 e. The van der Waals surface area contributed by atoms with Gasteiger partial charge in [-0.3, -0.25) is 9.59 Å². The highest BCUT2D eigenvalue weighted by Gasteiger charge is 2.15. The van der Waals surface area contributed by atoms with Crippen molar-refractivity contribution in [3.05, 3.63) is 27.7 Å². The molecular formula is C11H12BrClN2O3. The van der Waals surface area contributed by atoms with Crippen LogP contribution in [0.2, 0.25) is 5.02 Å². The van der Waals surface area contributed by atoms with Crippen molar-refractivity contribution in [2.75, 3.05) is 11.9 Å². The van der Waals surface area contributed by atoms with Crippen LogP contribution in [0.4, 0.5) is 5.69 Å². The molecule has 1 unspecified atom stereocenters. The zero-order chi connectivity index (χ0) is 13.7. The third kappa shape index (κ3) is 4.64. The van der Waals surface area contributed by atoms with Crippen LogP contribution in [-0.4, -0.2) is 29.6 Å². The maximum Gasteiger partial charge on any atom is 0.313 e. The maximum atomic E-state index is 11.5. The van der Waals surface area contributed by atoms with Gasteiger partial charge in [-0.15, -0.1) is 0 Å². The average molecular weight is 336 g/mol. The van der Waals surface area contributed by atoms with Gasteiger partial charge in [0.15, 0.2) is 0 Å². The van der Waals surface area contributed by atoms with Gasteiger partial charge in [0, 0.05) is 11.0 Å². The number of aliphatic hydroxyl groups is 1. The van der Waals surface area contributed by atoms with E-state index in [1.807, 2.05) is 0 Å². The standard InChI is InChI=1S/C11H12BrClN2O3/c1-6(16)5-14-10(17)11(18)15-9-3-2-7(12)4-8(9)13/h2-4,6,16H,5H2,1H3,(H,14,17)(H,15,18). The molecule has 98 valence electrons. The van der Waals surface area contributed by atoms with Crippen molar-refractivity contribution in [1.29, 1.82) is 0 Å². The lowest BCUT2D eigenvalue weighted by molar-refractivity contribution is -0.136. The van der Waals surface area contributed by atoms with Crippen molar-refractivity contribution < 1.29 is 14.7 Å². The van der Waals surface area contributed by atoms with Gasteiger partial charge >= 0.3 is 11.8 Å². The molecular weight excluding hydrogens is 323 g/mol. The number of anilines is 1. The van der Waals surface area contributed by atoms with Crippen molar-refractivity contribution in [2.45, 2.75) is 13.0 Å². The van der Waals surface area contributed by atoms with Crippen molar-refractivity contribution >= 4 is 45.0 Å². The molecule has 0 aromatic heterocycles. The second-order valence-electron chi connectivity index (χ2n) is 3.64. The number of halogens is 2. The lowest BCUT2D eigenvalue weighted by Crippen LogP contribution is -2.38. The monoisotopic (exact) mass is 334 g/mol. The van der Waals surface area contributed by atoms with E-state index in [0.717, 1.165) is 4.47 Å². The van der Waals surface area contributed by atoms with E-state index < -0.39 is 17.9 Å². The molecule has 0 aliphatic heterocycles. The molecule has 0 bridgehead atoms. The molecule has 0 spiro atoms. The lowest BCUT2D eigenvalue weighted by Gasteiger charge is -2.09. The molecule has 2 amide bonds. The van der Waals surface area contributed by atoms with E-state index in [2.05, 4.69) is 26.6 Å². The predicted molar refractivity (Wildman–Crippen MR) is 72.5 cm³/mol. The van der Waals surface area contributed by atoms with Crippen LogP contribution >= 0.6 is 27.5 Å². The minimum Gasteiger partial charge on any atom is -0.392 e. The first-order valence-corrected chi connectivity index (χ1v) is 6.29. The Kier molecular flexibility index (Phi) is 5.58. The molecule has 0 radical (unpaired) electrons. The van der Waals surface area contributed by atoms with Crippen LogP contribution in [0.3, 0.4) is 0 Å². The fourth-order valence-corrected chi connectivity index (χ4v) is 1.81. The minimum absolute atomic E-state index is 0.0142. The number of benzene rings is 1. The van der Waals surface area contributed by atoms with Crippen LogP contribution in [0, 0.1) is 0 Å². The van der Waals surface area contributed by atoms with E-state index in [9.17, 15) is 9.59 Å². The van der Waals surface area contributed by atoms with Gasteiger partial charge in [-0.1, -0.05) is 27.5 Å². The number of amides is 2. The molecule has 7 heteroatoms. The fraction of sp³-hybridized carbons (Fsp3) is 0.273. The molecule has 18 heavy (non-hydrogen) atoms. The zero-order valence-corrected chi connectivity index (χ0v) is 11.9. The molecule has 1 atom stereocenters. The van der Waals surface area contributed by atoms with Gasteiger partial charge in [0.2, 0.25) is 0 Å². The molecule has 0 heterocycles. The van der Waals surface area contributed by atoms with E-state index in [-0.39, 0.29) is 6.54 Å². The van der Waals surface area contributed by atoms with Gasteiger partial charge in [0.1, 0.15) is 0 Å². The molecule has 1 aromatic carbocycles.